The molecule has 1 rings (SSSR count). The fourth-order valence-corrected chi connectivity index (χ4v) is 1.19. The summed E-state index contributed by atoms with van der Waals surface area (Å²) >= 11 is 5.78. The largest absolute Gasteiger partial charge is 0.449 e. The molecule has 0 saturated heterocycles. The highest BCUT2D eigenvalue weighted by atomic mass is 35.5. The van der Waals surface area contributed by atoms with Crippen LogP contribution in [0, 0.1) is 12.0 Å². The normalized spacial score (nSPS) is 11.0. The van der Waals surface area contributed by atoms with Crippen LogP contribution in [0.15, 0.2) is 24.3 Å². The van der Waals surface area contributed by atoms with Crippen molar-refractivity contribution in [1.82, 2.24) is 0 Å². The molecule has 1 unspecified atom stereocenters. The van der Waals surface area contributed by atoms with Crippen molar-refractivity contribution in [3.8, 4) is 17.8 Å². The van der Waals surface area contributed by atoms with E-state index in [9.17, 15) is 4.79 Å². The zero-order chi connectivity index (χ0) is 12.7. The molecule has 1 atom stereocenters. The molecule has 90 valence electrons. The summed E-state index contributed by atoms with van der Waals surface area (Å²) in [6.45, 7) is 3.41. The minimum Gasteiger partial charge on any atom is -0.449 e. The standard InChI is InChI=1S/C13H13ClO3/c1-3-13(15)17-10(2)7-8-16-12-6-4-5-11(14)9-12/h4-6,9-10H,3H2,1-2H3. The number of ether oxygens (including phenoxy) is 2. The number of esters is 1. The van der Waals surface area contributed by atoms with Crippen LogP contribution in [0.2, 0.25) is 5.02 Å². The third-order valence-electron chi connectivity index (χ3n) is 1.82. The van der Waals surface area contributed by atoms with Crippen LogP contribution >= 0.6 is 11.6 Å². The Labute approximate surface area is 106 Å². The van der Waals surface area contributed by atoms with Gasteiger partial charge in [-0.3, -0.25) is 4.79 Å². The summed E-state index contributed by atoms with van der Waals surface area (Å²) in [4.78, 5) is 11.0. The van der Waals surface area contributed by atoms with Gasteiger partial charge in [-0.05, 0) is 25.0 Å². The number of hydrogen-bond acceptors (Lipinski definition) is 3. The van der Waals surface area contributed by atoms with Gasteiger partial charge < -0.3 is 9.47 Å². The lowest BCUT2D eigenvalue weighted by Gasteiger charge is -2.04. The van der Waals surface area contributed by atoms with Gasteiger partial charge >= 0.3 is 5.97 Å². The lowest BCUT2D eigenvalue weighted by Crippen LogP contribution is -2.11. The van der Waals surface area contributed by atoms with Crippen LogP contribution in [0.25, 0.3) is 0 Å². The van der Waals surface area contributed by atoms with Crippen molar-refractivity contribution in [2.45, 2.75) is 26.4 Å². The number of hydrogen-bond donors (Lipinski definition) is 0. The molecule has 3 nitrogen and oxygen atoms in total. The minimum atomic E-state index is -0.485. The van der Waals surface area contributed by atoms with E-state index in [1.54, 1.807) is 38.1 Å². The average Bonchev–Trinajstić information content (AvgIpc) is 2.29. The zero-order valence-corrected chi connectivity index (χ0v) is 10.5. The number of carbonyl (C=O) groups is 1. The van der Waals surface area contributed by atoms with Crippen LogP contribution < -0.4 is 4.74 Å². The Morgan fingerprint density at radius 1 is 1.53 bits per heavy atom. The fraction of sp³-hybridized carbons (Fsp3) is 0.308. The summed E-state index contributed by atoms with van der Waals surface area (Å²) in [6.07, 6.45) is 2.32. The highest BCUT2D eigenvalue weighted by Gasteiger charge is 2.03. The van der Waals surface area contributed by atoms with Gasteiger partial charge in [-0.15, -0.1) is 0 Å². The molecule has 0 spiro atoms. The second-order valence-corrected chi connectivity index (χ2v) is 3.73. The first kappa shape index (κ1) is 13.4. The molecular weight excluding hydrogens is 240 g/mol. The highest BCUT2D eigenvalue weighted by molar-refractivity contribution is 6.30. The molecule has 17 heavy (non-hydrogen) atoms. The van der Waals surface area contributed by atoms with Crippen molar-refractivity contribution in [2.24, 2.45) is 0 Å². The van der Waals surface area contributed by atoms with Crippen molar-refractivity contribution in [1.29, 1.82) is 0 Å². The first-order valence-corrected chi connectivity index (χ1v) is 5.62. The van der Waals surface area contributed by atoms with Crippen molar-refractivity contribution >= 4 is 17.6 Å². The van der Waals surface area contributed by atoms with E-state index in [0.29, 0.717) is 17.2 Å². The molecule has 0 amide bonds. The van der Waals surface area contributed by atoms with E-state index in [-0.39, 0.29) is 5.97 Å². The summed E-state index contributed by atoms with van der Waals surface area (Å²) < 4.78 is 10.1. The second-order valence-electron chi connectivity index (χ2n) is 3.29. The Morgan fingerprint density at radius 2 is 2.29 bits per heavy atom. The van der Waals surface area contributed by atoms with Gasteiger partial charge in [0.1, 0.15) is 11.9 Å². The molecule has 0 fully saturated rings. The summed E-state index contributed by atoms with van der Waals surface area (Å²) in [6, 6.07) is 6.90. The van der Waals surface area contributed by atoms with E-state index in [1.807, 2.05) is 0 Å². The Bertz CT molecular complexity index is 445. The van der Waals surface area contributed by atoms with E-state index >= 15 is 0 Å². The minimum absolute atomic E-state index is 0.283. The van der Waals surface area contributed by atoms with Crippen LogP contribution in [0.5, 0.6) is 5.75 Å². The quantitative estimate of drug-likeness (QED) is 0.613. The van der Waals surface area contributed by atoms with Crippen molar-refractivity contribution in [2.75, 3.05) is 0 Å². The van der Waals surface area contributed by atoms with Crippen molar-refractivity contribution in [3.05, 3.63) is 29.3 Å². The van der Waals surface area contributed by atoms with Crippen LogP contribution in [-0.4, -0.2) is 12.1 Å². The number of rotatable bonds is 3. The van der Waals surface area contributed by atoms with Gasteiger partial charge in [-0.25, -0.2) is 0 Å². The molecule has 0 aliphatic rings. The maximum absolute atomic E-state index is 11.0. The number of halogens is 1. The molecule has 0 N–H and O–H groups in total. The van der Waals surface area contributed by atoms with Gasteiger partial charge in [0.05, 0.1) is 0 Å². The van der Waals surface area contributed by atoms with E-state index in [1.165, 1.54) is 0 Å². The zero-order valence-electron chi connectivity index (χ0n) is 9.70. The predicted molar refractivity (Wildman–Crippen MR) is 65.7 cm³/mol. The van der Waals surface area contributed by atoms with Gasteiger partial charge in [-0.1, -0.05) is 24.6 Å². The smallest absolute Gasteiger partial charge is 0.306 e. The van der Waals surface area contributed by atoms with Gasteiger partial charge in [-0.2, -0.15) is 0 Å². The van der Waals surface area contributed by atoms with E-state index in [4.69, 9.17) is 21.1 Å². The van der Waals surface area contributed by atoms with Crippen molar-refractivity contribution < 1.29 is 14.3 Å². The predicted octanol–water partition coefficient (Wildman–Crippen LogP) is 3.02. The Balaban J connectivity index is 2.48. The van der Waals surface area contributed by atoms with E-state index in [2.05, 4.69) is 12.0 Å². The van der Waals surface area contributed by atoms with Crippen molar-refractivity contribution in [3.63, 3.8) is 0 Å². The number of carbonyl (C=O) groups excluding carboxylic acids is 1. The summed E-state index contributed by atoms with van der Waals surface area (Å²) in [5.74, 6) is 2.93. The van der Waals surface area contributed by atoms with Crippen LogP contribution in [0.3, 0.4) is 0 Å². The van der Waals surface area contributed by atoms with Gasteiger partial charge in [0.2, 0.25) is 0 Å². The first-order chi connectivity index (χ1) is 8.11. The first-order valence-electron chi connectivity index (χ1n) is 5.24. The maximum atomic E-state index is 11.0. The molecule has 0 aliphatic heterocycles. The Morgan fingerprint density at radius 3 is 2.94 bits per heavy atom. The highest BCUT2D eigenvalue weighted by Crippen LogP contribution is 2.16. The molecule has 0 radical (unpaired) electrons. The Kier molecular flexibility index (Phi) is 5.38. The third-order valence-corrected chi connectivity index (χ3v) is 2.06. The van der Waals surface area contributed by atoms with Gasteiger partial charge in [0.15, 0.2) is 6.10 Å². The molecule has 0 heterocycles. The Hall–Kier alpha value is -1.66. The van der Waals surface area contributed by atoms with Gasteiger partial charge in [0.25, 0.3) is 0 Å². The lowest BCUT2D eigenvalue weighted by atomic mass is 10.3. The fourth-order valence-electron chi connectivity index (χ4n) is 1.01. The van der Waals surface area contributed by atoms with E-state index in [0.717, 1.165) is 0 Å². The second kappa shape index (κ2) is 6.82. The molecule has 4 heteroatoms. The monoisotopic (exact) mass is 252 g/mol. The van der Waals surface area contributed by atoms with Crippen LogP contribution in [0.1, 0.15) is 20.3 Å². The van der Waals surface area contributed by atoms with E-state index < -0.39 is 6.10 Å². The maximum Gasteiger partial charge on any atom is 0.306 e. The van der Waals surface area contributed by atoms with Crippen LogP contribution in [0.4, 0.5) is 0 Å². The SMILES string of the molecule is CCC(=O)OC(C)C#COc1cccc(Cl)c1. The molecule has 1 aromatic rings. The van der Waals surface area contributed by atoms with Gasteiger partial charge in [0, 0.05) is 17.5 Å². The molecule has 0 saturated carbocycles. The average molecular weight is 253 g/mol. The van der Waals surface area contributed by atoms with Crippen LogP contribution in [-0.2, 0) is 9.53 Å². The summed E-state index contributed by atoms with van der Waals surface area (Å²) in [7, 11) is 0. The topological polar surface area (TPSA) is 35.5 Å². The number of benzene rings is 1. The molecular formula is C13H13ClO3. The lowest BCUT2D eigenvalue weighted by molar-refractivity contribution is -0.145. The molecule has 0 aromatic heterocycles. The third kappa shape index (κ3) is 5.28. The molecule has 0 bridgehead atoms. The summed E-state index contributed by atoms with van der Waals surface area (Å²) in [5.41, 5.74) is 0. The summed E-state index contributed by atoms with van der Waals surface area (Å²) in [5, 5.41) is 0.578. The molecule has 1 aromatic carbocycles. The molecule has 0 aliphatic carbocycles.